The van der Waals surface area contributed by atoms with Gasteiger partial charge >= 0.3 is 11.6 Å². The van der Waals surface area contributed by atoms with Gasteiger partial charge in [-0.25, -0.2) is 9.59 Å². The molecule has 3 aromatic rings. The number of rotatable bonds is 6. The Hall–Kier alpha value is -3.93. The van der Waals surface area contributed by atoms with Gasteiger partial charge in [-0.05, 0) is 29.8 Å². The first kappa shape index (κ1) is 18.8. The van der Waals surface area contributed by atoms with Gasteiger partial charge in [-0.2, -0.15) is 0 Å². The van der Waals surface area contributed by atoms with Gasteiger partial charge in [0, 0.05) is 24.1 Å². The van der Waals surface area contributed by atoms with Crippen LogP contribution in [0.2, 0.25) is 0 Å². The number of fused-ring (bicyclic) bond motifs is 1. The lowest BCUT2D eigenvalue weighted by Gasteiger charge is -2.05. The van der Waals surface area contributed by atoms with E-state index in [9.17, 15) is 14.4 Å². The van der Waals surface area contributed by atoms with Crippen LogP contribution in [0, 0.1) is 0 Å². The summed E-state index contributed by atoms with van der Waals surface area (Å²) in [5, 5.41) is 3.06. The smallest absolute Gasteiger partial charge is 0.349 e. The molecule has 0 fully saturated rings. The van der Waals surface area contributed by atoms with Crippen molar-refractivity contribution in [1.82, 2.24) is 5.32 Å². The van der Waals surface area contributed by atoms with Crippen LogP contribution in [0.1, 0.15) is 15.9 Å². The minimum atomic E-state index is -0.776. The molecule has 140 valence electrons. The summed E-state index contributed by atoms with van der Waals surface area (Å²) in [7, 11) is 0. The van der Waals surface area contributed by atoms with Crippen molar-refractivity contribution in [2.24, 2.45) is 0 Å². The van der Waals surface area contributed by atoms with Crippen LogP contribution < -0.4 is 15.7 Å². The average Bonchev–Trinajstić information content (AvgIpc) is 2.70. The fourth-order valence-corrected chi connectivity index (χ4v) is 2.45. The lowest BCUT2D eigenvalue weighted by molar-refractivity contribution is -0.128. The molecule has 3 rings (SSSR count). The van der Waals surface area contributed by atoms with Gasteiger partial charge in [0.05, 0.1) is 0 Å². The molecule has 28 heavy (non-hydrogen) atoms. The van der Waals surface area contributed by atoms with E-state index < -0.39 is 17.5 Å². The summed E-state index contributed by atoms with van der Waals surface area (Å²) >= 11 is 0. The highest BCUT2D eigenvalue weighted by Gasteiger charge is 2.13. The number of hydrogen-bond donors (Lipinski definition) is 1. The number of amides is 1. The molecule has 1 N–H and O–H groups in total. The van der Waals surface area contributed by atoms with E-state index in [1.807, 2.05) is 30.3 Å². The third kappa shape index (κ3) is 4.62. The van der Waals surface area contributed by atoms with Crippen molar-refractivity contribution in [2.45, 2.75) is 0 Å². The van der Waals surface area contributed by atoms with Crippen molar-refractivity contribution in [3.05, 3.63) is 94.9 Å². The highest BCUT2D eigenvalue weighted by Crippen LogP contribution is 2.21. The molecule has 6 heteroatoms. The first-order valence-corrected chi connectivity index (χ1v) is 8.49. The standard InChI is InChI=1S/C22H17NO5/c1-2-12-23-21(25)18-13-16-9-10-17(14-19(16)28-22(18)26)27-20(24)11-8-15-6-4-3-5-7-15/h2-11,13-14H,1,12H2,(H,23,25)/b11-8+. The Bertz CT molecular complexity index is 1110. The van der Waals surface area contributed by atoms with E-state index in [4.69, 9.17) is 9.15 Å². The second-order valence-corrected chi connectivity index (χ2v) is 5.81. The lowest BCUT2D eigenvalue weighted by Crippen LogP contribution is -2.28. The number of carbonyl (C=O) groups is 2. The predicted octanol–water partition coefficient (Wildman–Crippen LogP) is 3.33. The molecule has 2 aromatic carbocycles. The Morgan fingerprint density at radius 3 is 2.64 bits per heavy atom. The maximum atomic E-state index is 12.1. The fourth-order valence-electron chi connectivity index (χ4n) is 2.45. The lowest BCUT2D eigenvalue weighted by atomic mass is 10.1. The summed E-state index contributed by atoms with van der Waals surface area (Å²) in [4.78, 5) is 36.0. The van der Waals surface area contributed by atoms with Crippen LogP contribution in [0.15, 0.2) is 82.5 Å². The average molecular weight is 375 g/mol. The zero-order valence-corrected chi connectivity index (χ0v) is 14.9. The van der Waals surface area contributed by atoms with Gasteiger partial charge in [0.25, 0.3) is 5.91 Å². The zero-order valence-electron chi connectivity index (χ0n) is 14.9. The third-order valence-electron chi connectivity index (χ3n) is 3.79. The first-order chi connectivity index (χ1) is 13.6. The van der Waals surface area contributed by atoms with E-state index in [2.05, 4.69) is 11.9 Å². The van der Waals surface area contributed by atoms with E-state index in [1.54, 1.807) is 18.2 Å². The fraction of sp³-hybridized carbons (Fsp3) is 0.0455. The van der Waals surface area contributed by atoms with E-state index in [1.165, 1.54) is 24.3 Å². The number of nitrogens with one attached hydrogen (secondary N) is 1. The molecule has 0 atom stereocenters. The summed E-state index contributed by atoms with van der Waals surface area (Å²) in [5.74, 6) is -0.884. The van der Waals surface area contributed by atoms with Crippen molar-refractivity contribution in [3.63, 3.8) is 0 Å². The summed E-state index contributed by atoms with van der Waals surface area (Å²) in [5.41, 5.74) is 0.195. The minimum Gasteiger partial charge on any atom is -0.423 e. The first-order valence-electron chi connectivity index (χ1n) is 8.49. The maximum Gasteiger partial charge on any atom is 0.349 e. The highest BCUT2D eigenvalue weighted by atomic mass is 16.5. The molecule has 0 saturated heterocycles. The molecule has 0 aliphatic rings. The van der Waals surface area contributed by atoms with Gasteiger partial charge in [-0.1, -0.05) is 36.4 Å². The Morgan fingerprint density at radius 2 is 1.89 bits per heavy atom. The number of carbonyl (C=O) groups excluding carboxylic acids is 2. The topological polar surface area (TPSA) is 85.6 Å². The van der Waals surface area contributed by atoms with E-state index in [0.717, 1.165) is 5.56 Å². The monoisotopic (exact) mass is 375 g/mol. The maximum absolute atomic E-state index is 12.1. The Balaban J connectivity index is 1.78. The molecule has 6 nitrogen and oxygen atoms in total. The van der Waals surface area contributed by atoms with E-state index in [-0.39, 0.29) is 23.4 Å². The van der Waals surface area contributed by atoms with Gasteiger partial charge in [-0.15, -0.1) is 6.58 Å². The summed E-state index contributed by atoms with van der Waals surface area (Å²) in [6, 6.07) is 15.3. The van der Waals surface area contributed by atoms with Crippen LogP contribution >= 0.6 is 0 Å². The molecular weight excluding hydrogens is 358 g/mol. The van der Waals surface area contributed by atoms with Gasteiger partial charge in [-0.3, -0.25) is 4.79 Å². The zero-order chi connectivity index (χ0) is 19.9. The summed E-state index contributed by atoms with van der Waals surface area (Å²) < 4.78 is 10.4. The quantitative estimate of drug-likeness (QED) is 0.235. The minimum absolute atomic E-state index is 0.107. The van der Waals surface area contributed by atoms with E-state index >= 15 is 0 Å². The van der Waals surface area contributed by atoms with Crippen molar-refractivity contribution >= 4 is 28.9 Å². The number of benzene rings is 2. The molecule has 1 heterocycles. The molecule has 1 amide bonds. The number of esters is 1. The second kappa shape index (κ2) is 8.64. The normalized spacial score (nSPS) is 10.7. The third-order valence-corrected chi connectivity index (χ3v) is 3.79. The predicted molar refractivity (Wildman–Crippen MR) is 106 cm³/mol. The summed E-state index contributed by atoms with van der Waals surface area (Å²) in [6.07, 6.45) is 4.45. The molecule has 0 unspecified atom stereocenters. The van der Waals surface area contributed by atoms with Crippen molar-refractivity contribution in [2.75, 3.05) is 6.54 Å². The van der Waals surface area contributed by atoms with Crippen LogP contribution in [0.5, 0.6) is 5.75 Å². The summed E-state index contributed by atoms with van der Waals surface area (Å²) in [6.45, 7) is 3.74. The molecule has 0 aliphatic carbocycles. The van der Waals surface area contributed by atoms with Gasteiger partial charge in [0.2, 0.25) is 0 Å². The molecule has 1 aromatic heterocycles. The number of ether oxygens (including phenoxy) is 1. The SMILES string of the molecule is C=CCNC(=O)c1cc2ccc(OC(=O)/C=C/c3ccccc3)cc2oc1=O. The number of hydrogen-bond acceptors (Lipinski definition) is 5. The molecular formula is C22H17NO5. The van der Waals surface area contributed by atoms with E-state index in [0.29, 0.717) is 5.39 Å². The Morgan fingerprint density at radius 1 is 1.11 bits per heavy atom. The largest absolute Gasteiger partial charge is 0.423 e. The van der Waals surface area contributed by atoms with Crippen LogP contribution in [0.25, 0.3) is 17.0 Å². The van der Waals surface area contributed by atoms with Crippen LogP contribution in [-0.4, -0.2) is 18.4 Å². The molecule has 0 aliphatic heterocycles. The molecule has 0 radical (unpaired) electrons. The van der Waals surface area contributed by atoms with Gasteiger partial charge in [0.15, 0.2) is 0 Å². The van der Waals surface area contributed by atoms with Crippen LogP contribution in [-0.2, 0) is 4.79 Å². The second-order valence-electron chi connectivity index (χ2n) is 5.81. The van der Waals surface area contributed by atoms with Crippen molar-refractivity contribution < 1.29 is 18.7 Å². The molecule has 0 saturated carbocycles. The van der Waals surface area contributed by atoms with Crippen LogP contribution in [0.3, 0.4) is 0 Å². The van der Waals surface area contributed by atoms with Gasteiger partial charge < -0.3 is 14.5 Å². The Kier molecular flexibility index (Phi) is 5.81. The van der Waals surface area contributed by atoms with Crippen molar-refractivity contribution in [3.8, 4) is 5.75 Å². The highest BCUT2D eigenvalue weighted by molar-refractivity contribution is 5.97. The van der Waals surface area contributed by atoms with Gasteiger partial charge in [0.1, 0.15) is 16.9 Å². The van der Waals surface area contributed by atoms with Crippen LogP contribution in [0.4, 0.5) is 0 Å². The van der Waals surface area contributed by atoms with Crippen molar-refractivity contribution in [1.29, 1.82) is 0 Å². The molecule has 0 bridgehead atoms. The molecule has 0 spiro atoms. The Labute approximate surface area is 160 Å².